The summed E-state index contributed by atoms with van der Waals surface area (Å²) in [6.07, 6.45) is 4.61. The number of carbonyl (C=O) groups excluding carboxylic acids is 1. The normalized spacial score (nSPS) is 15.2. The van der Waals surface area contributed by atoms with Gasteiger partial charge >= 0.3 is 0 Å². The Morgan fingerprint density at radius 1 is 1.11 bits per heavy atom. The van der Waals surface area contributed by atoms with Crippen molar-refractivity contribution in [1.29, 1.82) is 0 Å². The number of ether oxygens (including phenoxy) is 1. The molecule has 0 unspecified atom stereocenters. The van der Waals surface area contributed by atoms with E-state index in [1.165, 1.54) is 28.2 Å². The number of thioether (sulfide) groups is 1. The molecule has 0 aliphatic carbocycles. The molecule has 0 atom stereocenters. The van der Waals surface area contributed by atoms with Crippen LogP contribution in [-0.4, -0.2) is 43.7 Å². The minimum absolute atomic E-state index is 0.161. The first-order valence-corrected chi connectivity index (χ1v) is 12.0. The SMILES string of the molecule is CSCC(=O)Nc1cc(S(=O)(=O)N2CCCCC2)ccc1Oc1ccccc1. The summed E-state index contributed by atoms with van der Waals surface area (Å²) in [6.45, 7) is 1.05. The molecule has 1 N–H and O–H groups in total. The zero-order valence-electron chi connectivity index (χ0n) is 15.8. The number of para-hydroxylation sites is 1. The molecule has 0 saturated carbocycles. The van der Waals surface area contributed by atoms with Crippen molar-refractivity contribution in [2.75, 3.05) is 30.4 Å². The number of piperidine rings is 1. The van der Waals surface area contributed by atoms with Crippen molar-refractivity contribution in [3.63, 3.8) is 0 Å². The van der Waals surface area contributed by atoms with Crippen LogP contribution in [0.3, 0.4) is 0 Å². The highest BCUT2D eigenvalue weighted by atomic mass is 32.2. The van der Waals surface area contributed by atoms with Crippen LogP contribution in [0.5, 0.6) is 11.5 Å². The number of nitrogens with one attached hydrogen (secondary N) is 1. The van der Waals surface area contributed by atoms with Crippen LogP contribution in [0, 0.1) is 0 Å². The van der Waals surface area contributed by atoms with E-state index in [2.05, 4.69) is 5.32 Å². The Hall–Kier alpha value is -2.03. The number of nitrogens with zero attached hydrogens (tertiary/aromatic N) is 1. The van der Waals surface area contributed by atoms with Crippen molar-refractivity contribution in [3.05, 3.63) is 48.5 Å². The second kappa shape index (κ2) is 9.45. The lowest BCUT2D eigenvalue weighted by molar-refractivity contribution is -0.113. The van der Waals surface area contributed by atoms with Gasteiger partial charge in [-0.2, -0.15) is 16.1 Å². The van der Waals surface area contributed by atoms with Gasteiger partial charge in [-0.15, -0.1) is 0 Å². The van der Waals surface area contributed by atoms with Crippen LogP contribution in [0.2, 0.25) is 0 Å². The zero-order chi connectivity index (χ0) is 20.0. The van der Waals surface area contributed by atoms with Crippen LogP contribution in [0.15, 0.2) is 53.4 Å². The Labute approximate surface area is 170 Å². The van der Waals surface area contributed by atoms with Gasteiger partial charge in [-0.05, 0) is 49.4 Å². The van der Waals surface area contributed by atoms with Crippen molar-refractivity contribution >= 4 is 33.4 Å². The van der Waals surface area contributed by atoms with Crippen molar-refractivity contribution < 1.29 is 17.9 Å². The summed E-state index contributed by atoms with van der Waals surface area (Å²) < 4.78 is 33.4. The van der Waals surface area contributed by atoms with Crippen LogP contribution in [0.1, 0.15) is 19.3 Å². The van der Waals surface area contributed by atoms with Crippen LogP contribution >= 0.6 is 11.8 Å². The van der Waals surface area contributed by atoms with E-state index >= 15 is 0 Å². The van der Waals surface area contributed by atoms with E-state index < -0.39 is 10.0 Å². The molecule has 28 heavy (non-hydrogen) atoms. The lowest BCUT2D eigenvalue weighted by Gasteiger charge is -2.26. The molecule has 0 aromatic heterocycles. The monoisotopic (exact) mass is 420 g/mol. The van der Waals surface area contributed by atoms with Gasteiger partial charge in [-0.3, -0.25) is 4.79 Å². The lowest BCUT2D eigenvalue weighted by Crippen LogP contribution is -2.35. The summed E-state index contributed by atoms with van der Waals surface area (Å²) in [4.78, 5) is 12.3. The van der Waals surface area contributed by atoms with E-state index in [0.717, 1.165) is 19.3 Å². The second-order valence-corrected chi connectivity index (χ2v) is 9.32. The molecule has 1 aliphatic rings. The molecule has 3 rings (SSSR count). The first kappa shape index (κ1) is 20.7. The van der Waals surface area contributed by atoms with E-state index in [0.29, 0.717) is 30.3 Å². The average Bonchev–Trinajstić information content (AvgIpc) is 2.71. The highest BCUT2D eigenvalue weighted by Crippen LogP contribution is 2.33. The number of sulfonamides is 1. The number of hydrogen-bond acceptors (Lipinski definition) is 5. The average molecular weight is 421 g/mol. The summed E-state index contributed by atoms with van der Waals surface area (Å²) >= 11 is 1.39. The van der Waals surface area contributed by atoms with Gasteiger partial charge in [0, 0.05) is 13.1 Å². The molecule has 150 valence electrons. The minimum Gasteiger partial charge on any atom is -0.455 e. The molecule has 6 nitrogen and oxygen atoms in total. The molecule has 0 bridgehead atoms. The van der Waals surface area contributed by atoms with Gasteiger partial charge in [0.15, 0.2) is 5.75 Å². The van der Waals surface area contributed by atoms with Gasteiger partial charge < -0.3 is 10.1 Å². The molecule has 1 aliphatic heterocycles. The Bertz CT molecular complexity index is 911. The topological polar surface area (TPSA) is 75.7 Å². The third-order valence-electron chi connectivity index (χ3n) is 4.42. The van der Waals surface area contributed by atoms with E-state index in [-0.39, 0.29) is 16.6 Å². The summed E-state index contributed by atoms with van der Waals surface area (Å²) in [5.74, 6) is 1.07. The van der Waals surface area contributed by atoms with Crippen molar-refractivity contribution in [3.8, 4) is 11.5 Å². The number of rotatable bonds is 7. The van der Waals surface area contributed by atoms with E-state index in [9.17, 15) is 13.2 Å². The number of carbonyl (C=O) groups is 1. The largest absolute Gasteiger partial charge is 0.455 e. The Morgan fingerprint density at radius 2 is 1.82 bits per heavy atom. The molecule has 1 amide bonds. The Balaban J connectivity index is 1.93. The fourth-order valence-electron chi connectivity index (χ4n) is 3.04. The first-order chi connectivity index (χ1) is 13.5. The number of anilines is 1. The maximum absolute atomic E-state index is 13.0. The maximum Gasteiger partial charge on any atom is 0.243 e. The summed E-state index contributed by atoms with van der Waals surface area (Å²) in [5.41, 5.74) is 0.348. The fourth-order valence-corrected chi connectivity index (χ4v) is 4.92. The van der Waals surface area contributed by atoms with Gasteiger partial charge in [0.25, 0.3) is 0 Å². The molecule has 0 spiro atoms. The number of hydrogen-bond donors (Lipinski definition) is 1. The maximum atomic E-state index is 13.0. The van der Waals surface area contributed by atoms with Crippen molar-refractivity contribution in [2.45, 2.75) is 24.2 Å². The van der Waals surface area contributed by atoms with Crippen molar-refractivity contribution in [1.82, 2.24) is 4.31 Å². The smallest absolute Gasteiger partial charge is 0.243 e. The lowest BCUT2D eigenvalue weighted by atomic mass is 10.2. The number of benzene rings is 2. The van der Waals surface area contributed by atoms with Crippen LogP contribution in [-0.2, 0) is 14.8 Å². The summed E-state index contributed by atoms with van der Waals surface area (Å²) in [7, 11) is -3.60. The molecule has 1 heterocycles. The second-order valence-electron chi connectivity index (χ2n) is 6.52. The standard InChI is InChI=1S/C20H24N2O4S2/c1-27-15-20(23)21-18-14-17(28(24,25)22-12-6-3-7-13-22)10-11-19(18)26-16-8-4-2-5-9-16/h2,4-5,8-11,14H,3,6-7,12-13,15H2,1H3,(H,21,23). The van der Waals surface area contributed by atoms with Gasteiger partial charge in [0.05, 0.1) is 16.3 Å². The fraction of sp³-hybridized carbons (Fsp3) is 0.350. The van der Waals surface area contributed by atoms with Crippen LogP contribution in [0.4, 0.5) is 5.69 Å². The summed E-state index contributed by atoms with van der Waals surface area (Å²) in [5, 5.41) is 2.78. The molecular weight excluding hydrogens is 396 g/mol. The Morgan fingerprint density at radius 3 is 2.50 bits per heavy atom. The van der Waals surface area contributed by atoms with E-state index in [1.807, 2.05) is 24.5 Å². The molecular formula is C20H24N2O4S2. The quantitative estimate of drug-likeness (QED) is 0.734. The van der Waals surface area contributed by atoms with Gasteiger partial charge in [-0.1, -0.05) is 24.6 Å². The molecule has 2 aromatic rings. The van der Waals surface area contributed by atoms with E-state index in [1.54, 1.807) is 18.2 Å². The molecule has 0 radical (unpaired) electrons. The number of amides is 1. The van der Waals surface area contributed by atoms with Gasteiger partial charge in [0.1, 0.15) is 5.75 Å². The first-order valence-electron chi connectivity index (χ1n) is 9.16. The molecule has 2 aromatic carbocycles. The highest BCUT2D eigenvalue weighted by molar-refractivity contribution is 7.99. The molecule has 8 heteroatoms. The van der Waals surface area contributed by atoms with Gasteiger partial charge in [0.2, 0.25) is 15.9 Å². The van der Waals surface area contributed by atoms with Gasteiger partial charge in [-0.25, -0.2) is 8.42 Å². The van der Waals surface area contributed by atoms with Crippen LogP contribution in [0.25, 0.3) is 0 Å². The Kier molecular flexibility index (Phi) is 6.98. The predicted molar refractivity (Wildman–Crippen MR) is 113 cm³/mol. The van der Waals surface area contributed by atoms with E-state index in [4.69, 9.17) is 4.74 Å². The third-order valence-corrected chi connectivity index (χ3v) is 6.87. The predicted octanol–water partition coefficient (Wildman–Crippen LogP) is 3.96. The summed E-state index contributed by atoms with van der Waals surface area (Å²) in [6, 6.07) is 13.8. The zero-order valence-corrected chi connectivity index (χ0v) is 17.4. The van der Waals surface area contributed by atoms with Crippen LogP contribution < -0.4 is 10.1 Å². The highest BCUT2D eigenvalue weighted by Gasteiger charge is 2.27. The molecule has 1 fully saturated rings. The molecule has 1 saturated heterocycles. The van der Waals surface area contributed by atoms with Crippen molar-refractivity contribution in [2.24, 2.45) is 0 Å². The minimum atomic E-state index is -3.60. The third kappa shape index (κ3) is 5.06.